The summed E-state index contributed by atoms with van der Waals surface area (Å²) in [6.07, 6.45) is 2.64. The Kier molecular flexibility index (Phi) is 3.18. The molecular weight excluding hydrogens is 228 g/mol. The molecule has 1 aromatic rings. The molecular formula is C11H17F2N3O. The molecule has 96 valence electrons. The van der Waals surface area contributed by atoms with Crippen molar-refractivity contribution < 1.29 is 13.9 Å². The van der Waals surface area contributed by atoms with E-state index >= 15 is 0 Å². The van der Waals surface area contributed by atoms with E-state index in [4.69, 9.17) is 0 Å². The number of alkyl halides is 2. The van der Waals surface area contributed by atoms with E-state index in [1.807, 2.05) is 18.7 Å². The van der Waals surface area contributed by atoms with Crippen molar-refractivity contribution in [3.63, 3.8) is 0 Å². The molecule has 6 heteroatoms. The van der Waals surface area contributed by atoms with Gasteiger partial charge in [0.25, 0.3) is 0 Å². The third-order valence-corrected chi connectivity index (χ3v) is 3.39. The van der Waals surface area contributed by atoms with Crippen LogP contribution in [0.15, 0.2) is 12.4 Å². The molecule has 4 nitrogen and oxygen atoms in total. The minimum absolute atomic E-state index is 0.175. The van der Waals surface area contributed by atoms with Crippen molar-refractivity contribution in [1.82, 2.24) is 14.5 Å². The Morgan fingerprint density at radius 2 is 2.12 bits per heavy atom. The first-order valence-corrected chi connectivity index (χ1v) is 5.67. The average Bonchev–Trinajstić information content (AvgIpc) is 2.62. The molecule has 1 aromatic heterocycles. The van der Waals surface area contributed by atoms with E-state index in [1.54, 1.807) is 0 Å². The minimum Gasteiger partial charge on any atom is -0.387 e. The van der Waals surface area contributed by atoms with Crippen LogP contribution in [0.3, 0.4) is 0 Å². The molecule has 0 aromatic carbocycles. The molecule has 2 heterocycles. The number of likely N-dealkylation sites (tertiary alicyclic amines) is 1. The van der Waals surface area contributed by atoms with Crippen LogP contribution in [0.1, 0.15) is 26.2 Å². The smallest absolute Gasteiger partial charge is 0.319 e. The van der Waals surface area contributed by atoms with Crippen molar-refractivity contribution in [3.8, 4) is 0 Å². The van der Waals surface area contributed by atoms with Crippen LogP contribution in [-0.2, 0) is 6.54 Å². The molecule has 0 spiro atoms. The third kappa shape index (κ3) is 2.32. The SMILES string of the molecule is CC(C)C1(O)CN(Cc2nccn2C(F)F)C1. The van der Waals surface area contributed by atoms with Crippen LogP contribution >= 0.6 is 0 Å². The summed E-state index contributed by atoms with van der Waals surface area (Å²) in [5, 5.41) is 10.0. The van der Waals surface area contributed by atoms with Crippen LogP contribution in [0, 0.1) is 5.92 Å². The number of imidazole rings is 1. The predicted molar refractivity (Wildman–Crippen MR) is 58.5 cm³/mol. The maximum absolute atomic E-state index is 12.6. The van der Waals surface area contributed by atoms with Crippen molar-refractivity contribution in [2.24, 2.45) is 5.92 Å². The van der Waals surface area contributed by atoms with Gasteiger partial charge < -0.3 is 5.11 Å². The largest absolute Gasteiger partial charge is 0.387 e. The van der Waals surface area contributed by atoms with E-state index in [9.17, 15) is 13.9 Å². The molecule has 1 N–H and O–H groups in total. The number of hydrogen-bond donors (Lipinski definition) is 1. The summed E-state index contributed by atoms with van der Waals surface area (Å²) in [6.45, 7) is 2.74. The number of halogens is 2. The molecule has 1 fully saturated rings. The standard InChI is InChI=1S/C11H17F2N3O/c1-8(2)11(17)6-15(7-11)5-9-14-3-4-16(9)10(12)13/h3-4,8,10,17H,5-7H2,1-2H3. The first-order valence-electron chi connectivity index (χ1n) is 5.67. The van der Waals surface area contributed by atoms with Gasteiger partial charge in [0.15, 0.2) is 0 Å². The number of aromatic nitrogens is 2. The Morgan fingerprint density at radius 3 is 2.65 bits per heavy atom. The number of hydrogen-bond acceptors (Lipinski definition) is 3. The fourth-order valence-electron chi connectivity index (χ4n) is 2.05. The Bertz CT molecular complexity index is 386. The number of rotatable bonds is 4. The van der Waals surface area contributed by atoms with Gasteiger partial charge in [-0.1, -0.05) is 13.8 Å². The predicted octanol–water partition coefficient (Wildman–Crippen LogP) is 1.48. The fourth-order valence-corrected chi connectivity index (χ4v) is 2.05. The van der Waals surface area contributed by atoms with Crippen molar-refractivity contribution in [2.45, 2.75) is 32.5 Å². The second-order valence-corrected chi connectivity index (χ2v) is 4.93. The highest BCUT2D eigenvalue weighted by Gasteiger charge is 2.43. The van der Waals surface area contributed by atoms with Gasteiger partial charge in [0.2, 0.25) is 0 Å². The number of nitrogens with zero attached hydrogens (tertiary/aromatic N) is 3. The quantitative estimate of drug-likeness (QED) is 0.873. The highest BCUT2D eigenvalue weighted by Crippen LogP contribution is 2.29. The molecule has 0 aliphatic carbocycles. The van der Waals surface area contributed by atoms with E-state index in [0.717, 1.165) is 4.57 Å². The molecule has 0 amide bonds. The van der Waals surface area contributed by atoms with Gasteiger partial charge in [0, 0.05) is 25.5 Å². The summed E-state index contributed by atoms with van der Waals surface area (Å²) in [5.74, 6) is 0.513. The van der Waals surface area contributed by atoms with Gasteiger partial charge in [0.1, 0.15) is 5.82 Å². The van der Waals surface area contributed by atoms with Gasteiger partial charge >= 0.3 is 6.55 Å². The van der Waals surface area contributed by atoms with Gasteiger partial charge in [-0.3, -0.25) is 9.47 Å². The first-order chi connectivity index (χ1) is 7.92. The second-order valence-electron chi connectivity index (χ2n) is 4.93. The van der Waals surface area contributed by atoms with Crippen molar-refractivity contribution in [2.75, 3.05) is 13.1 Å². The zero-order valence-corrected chi connectivity index (χ0v) is 9.98. The summed E-state index contributed by atoms with van der Waals surface area (Å²) in [6, 6.07) is 0. The normalized spacial score (nSPS) is 19.9. The van der Waals surface area contributed by atoms with Crippen LogP contribution in [0.4, 0.5) is 8.78 Å². The lowest BCUT2D eigenvalue weighted by Crippen LogP contribution is -2.64. The van der Waals surface area contributed by atoms with E-state index in [2.05, 4.69) is 4.98 Å². The van der Waals surface area contributed by atoms with Gasteiger partial charge in [-0.15, -0.1) is 0 Å². The van der Waals surface area contributed by atoms with Crippen molar-refractivity contribution in [3.05, 3.63) is 18.2 Å². The minimum atomic E-state index is -2.56. The molecule has 1 aliphatic rings. The monoisotopic (exact) mass is 245 g/mol. The molecule has 1 aliphatic heterocycles. The molecule has 2 rings (SSSR count). The van der Waals surface area contributed by atoms with Gasteiger partial charge in [-0.25, -0.2) is 4.98 Å². The molecule has 17 heavy (non-hydrogen) atoms. The Labute approximate surface area is 98.9 Å². The van der Waals surface area contributed by atoms with Crippen LogP contribution in [0.2, 0.25) is 0 Å². The van der Waals surface area contributed by atoms with Crippen LogP contribution in [0.5, 0.6) is 0 Å². The molecule has 0 unspecified atom stereocenters. The molecule has 1 saturated heterocycles. The highest BCUT2D eigenvalue weighted by atomic mass is 19.3. The first kappa shape index (κ1) is 12.4. The Morgan fingerprint density at radius 1 is 1.47 bits per heavy atom. The maximum atomic E-state index is 12.6. The molecule has 0 saturated carbocycles. The Balaban J connectivity index is 1.94. The van der Waals surface area contributed by atoms with Crippen LogP contribution < -0.4 is 0 Å². The zero-order valence-electron chi connectivity index (χ0n) is 9.98. The average molecular weight is 245 g/mol. The fraction of sp³-hybridized carbons (Fsp3) is 0.727. The number of β-amino-alcohol motifs (C(OH)–C–C–N with tert-alkyl or cyclic N) is 1. The molecule has 0 radical (unpaired) electrons. The summed E-state index contributed by atoms with van der Waals surface area (Å²) >= 11 is 0. The van der Waals surface area contributed by atoms with Crippen LogP contribution in [0.25, 0.3) is 0 Å². The van der Waals surface area contributed by atoms with Gasteiger partial charge in [-0.2, -0.15) is 8.78 Å². The van der Waals surface area contributed by atoms with E-state index < -0.39 is 12.2 Å². The zero-order chi connectivity index (χ0) is 12.6. The van der Waals surface area contributed by atoms with Crippen LogP contribution in [-0.4, -0.2) is 38.2 Å². The maximum Gasteiger partial charge on any atom is 0.319 e. The van der Waals surface area contributed by atoms with E-state index in [-0.39, 0.29) is 5.92 Å². The Hall–Kier alpha value is -1.01. The van der Waals surface area contributed by atoms with E-state index in [0.29, 0.717) is 25.5 Å². The topological polar surface area (TPSA) is 41.3 Å². The lowest BCUT2D eigenvalue weighted by Gasteiger charge is -2.49. The summed E-state index contributed by atoms with van der Waals surface area (Å²) in [4.78, 5) is 5.83. The molecule has 0 atom stereocenters. The second kappa shape index (κ2) is 4.34. The van der Waals surface area contributed by atoms with Crippen molar-refractivity contribution >= 4 is 0 Å². The third-order valence-electron chi connectivity index (χ3n) is 3.39. The number of aliphatic hydroxyl groups is 1. The van der Waals surface area contributed by atoms with Crippen molar-refractivity contribution in [1.29, 1.82) is 0 Å². The molecule has 0 bridgehead atoms. The summed E-state index contributed by atoms with van der Waals surface area (Å²) in [5.41, 5.74) is -0.678. The summed E-state index contributed by atoms with van der Waals surface area (Å²) in [7, 11) is 0. The van der Waals surface area contributed by atoms with Gasteiger partial charge in [0.05, 0.1) is 12.1 Å². The lowest BCUT2D eigenvalue weighted by molar-refractivity contribution is -0.132. The lowest BCUT2D eigenvalue weighted by atomic mass is 9.83. The van der Waals surface area contributed by atoms with E-state index in [1.165, 1.54) is 12.4 Å². The summed E-state index contributed by atoms with van der Waals surface area (Å²) < 4.78 is 26.0. The van der Waals surface area contributed by atoms with Gasteiger partial charge in [-0.05, 0) is 5.92 Å². The highest BCUT2D eigenvalue weighted by molar-refractivity contribution is 5.01.